The van der Waals surface area contributed by atoms with Crippen molar-refractivity contribution in [2.45, 2.75) is 26.7 Å². The van der Waals surface area contributed by atoms with Crippen LogP contribution >= 0.6 is 0 Å². The average Bonchev–Trinajstić information content (AvgIpc) is 2.30. The zero-order chi connectivity index (χ0) is 14.6. The molecule has 8 heteroatoms. The third kappa shape index (κ3) is 8.88. The summed E-state index contributed by atoms with van der Waals surface area (Å²) in [4.78, 5) is 18.2. The first kappa shape index (κ1) is 19.1. The van der Waals surface area contributed by atoms with Gasteiger partial charge < -0.3 is 30.2 Å². The predicted octanol–water partition coefficient (Wildman–Crippen LogP) is -0.136. The van der Waals surface area contributed by atoms with E-state index in [1.807, 2.05) is 20.8 Å². The summed E-state index contributed by atoms with van der Waals surface area (Å²) in [5.41, 5.74) is 5.49. The van der Waals surface area contributed by atoms with Crippen molar-refractivity contribution in [1.82, 2.24) is 0 Å². The average molecular weight is 267 g/mol. The summed E-state index contributed by atoms with van der Waals surface area (Å²) in [5, 5.41) is 14.8. The van der Waals surface area contributed by atoms with Crippen LogP contribution in [-0.4, -0.2) is 54.5 Å². The molecule has 0 aromatic carbocycles. The lowest BCUT2D eigenvalue weighted by Gasteiger charge is -2.30. The van der Waals surface area contributed by atoms with Gasteiger partial charge in [-0.1, -0.05) is 0 Å². The van der Waals surface area contributed by atoms with Crippen LogP contribution < -0.4 is 5.73 Å². The highest BCUT2D eigenvalue weighted by atomic mass is 16.9. The maximum atomic E-state index is 9.10. The van der Waals surface area contributed by atoms with Crippen LogP contribution in [0.4, 0.5) is 0 Å². The fourth-order valence-electron chi connectivity index (χ4n) is 0.962. The van der Waals surface area contributed by atoms with Crippen LogP contribution in [0.15, 0.2) is 0 Å². The monoisotopic (exact) mass is 267 g/mol. The second-order valence-electron chi connectivity index (χ2n) is 2.80. The van der Waals surface area contributed by atoms with E-state index in [1.165, 1.54) is 0 Å². The van der Waals surface area contributed by atoms with Gasteiger partial charge in [0.2, 0.25) is 0 Å². The Hall–Kier alpha value is -1.22. The molecule has 0 aromatic rings. The molecule has 0 atom stereocenters. The Bertz CT molecular complexity index is 215. The summed E-state index contributed by atoms with van der Waals surface area (Å²) in [6.07, 6.45) is 0. The van der Waals surface area contributed by atoms with Gasteiger partial charge in [0.25, 0.3) is 5.97 Å². The third-order valence-corrected chi connectivity index (χ3v) is 1.53. The molecular formula is C10H21NO7. The van der Waals surface area contributed by atoms with Crippen LogP contribution in [0, 0.1) is 0 Å². The summed E-state index contributed by atoms with van der Waals surface area (Å²) in [6, 6.07) is 0. The highest BCUT2D eigenvalue weighted by Crippen LogP contribution is 2.13. The zero-order valence-corrected chi connectivity index (χ0v) is 10.8. The summed E-state index contributed by atoms with van der Waals surface area (Å²) in [7, 11) is 0. The predicted molar refractivity (Wildman–Crippen MR) is 61.9 cm³/mol. The number of hydrogen-bond donors (Lipinski definition) is 3. The highest BCUT2D eigenvalue weighted by Gasteiger charge is 2.30. The molecule has 0 saturated carbocycles. The van der Waals surface area contributed by atoms with Crippen LogP contribution in [0.5, 0.6) is 0 Å². The molecule has 108 valence electrons. The molecule has 0 aromatic heterocycles. The molecule has 8 nitrogen and oxygen atoms in total. The normalized spacial score (nSPS) is 10.4. The minimum absolute atomic E-state index is 0.211. The largest absolute Gasteiger partial charge is 0.473 e. The first-order valence-electron chi connectivity index (χ1n) is 5.47. The molecule has 0 radical (unpaired) electrons. The summed E-state index contributed by atoms with van der Waals surface area (Å²) < 4.78 is 15.9. The third-order valence-electron chi connectivity index (χ3n) is 1.53. The van der Waals surface area contributed by atoms with Crippen LogP contribution in [0.3, 0.4) is 0 Å². The van der Waals surface area contributed by atoms with Crippen LogP contribution in [0.1, 0.15) is 20.8 Å². The molecule has 0 amide bonds. The number of carboxylic acid groups (broad SMARTS) is 2. The van der Waals surface area contributed by atoms with Crippen molar-refractivity contribution in [2.75, 3.05) is 26.4 Å². The van der Waals surface area contributed by atoms with Gasteiger partial charge in [0.05, 0.1) is 6.54 Å². The molecule has 0 aliphatic rings. The Labute approximate surface area is 106 Å². The van der Waals surface area contributed by atoms with Gasteiger partial charge in [0, 0.05) is 19.8 Å². The van der Waals surface area contributed by atoms with Gasteiger partial charge in [0.15, 0.2) is 0 Å². The number of ether oxygens (including phenoxy) is 3. The first-order valence-corrected chi connectivity index (χ1v) is 5.47. The SMILES string of the molecule is CCOC(CN)(OCC)OCC.O=C(O)C(=O)O. The van der Waals surface area contributed by atoms with E-state index >= 15 is 0 Å². The molecule has 0 unspecified atom stereocenters. The summed E-state index contributed by atoms with van der Waals surface area (Å²) in [6.45, 7) is 7.42. The lowest BCUT2D eigenvalue weighted by atomic mass is 10.5. The molecule has 18 heavy (non-hydrogen) atoms. The molecule has 0 spiro atoms. The van der Waals surface area contributed by atoms with E-state index in [0.29, 0.717) is 19.8 Å². The van der Waals surface area contributed by atoms with Crippen LogP contribution in [0.2, 0.25) is 0 Å². The Kier molecular flexibility index (Phi) is 11.6. The number of rotatable bonds is 7. The Morgan fingerprint density at radius 1 is 0.944 bits per heavy atom. The molecule has 0 heterocycles. The summed E-state index contributed by atoms with van der Waals surface area (Å²) in [5.74, 6) is -4.68. The van der Waals surface area contributed by atoms with Crippen LogP contribution in [0.25, 0.3) is 0 Å². The quantitative estimate of drug-likeness (QED) is 0.429. The number of carbonyl (C=O) groups is 2. The molecule has 4 N–H and O–H groups in total. The molecule has 0 saturated heterocycles. The van der Waals surface area contributed by atoms with Crippen LogP contribution in [-0.2, 0) is 23.8 Å². The standard InChI is InChI=1S/C8H19NO3.C2H2O4/c1-4-10-8(7-9,11-5-2)12-6-3;3-1(4)2(5)6/h4-7,9H2,1-3H3;(H,3,4)(H,5,6). The number of aliphatic carboxylic acids is 2. The van der Waals surface area contributed by atoms with Crippen molar-refractivity contribution < 1.29 is 34.0 Å². The number of hydrogen-bond acceptors (Lipinski definition) is 6. The molecule has 0 aliphatic heterocycles. The zero-order valence-electron chi connectivity index (χ0n) is 10.8. The van der Waals surface area contributed by atoms with Gasteiger partial charge >= 0.3 is 11.9 Å². The second-order valence-corrected chi connectivity index (χ2v) is 2.80. The molecule has 0 aliphatic carbocycles. The van der Waals surface area contributed by atoms with Gasteiger partial charge in [0.1, 0.15) is 0 Å². The smallest absolute Gasteiger partial charge is 0.414 e. The fraction of sp³-hybridized carbons (Fsp3) is 0.800. The summed E-state index contributed by atoms with van der Waals surface area (Å²) >= 11 is 0. The second kappa shape index (κ2) is 10.9. The topological polar surface area (TPSA) is 128 Å². The first-order chi connectivity index (χ1) is 8.39. The van der Waals surface area contributed by atoms with Gasteiger partial charge in [-0.2, -0.15) is 0 Å². The lowest BCUT2D eigenvalue weighted by molar-refractivity contribution is -0.370. The van der Waals surface area contributed by atoms with Gasteiger partial charge in [-0.3, -0.25) is 0 Å². The fourth-order valence-corrected chi connectivity index (χ4v) is 0.962. The highest BCUT2D eigenvalue weighted by molar-refractivity contribution is 6.27. The van der Waals surface area contributed by atoms with E-state index in [4.69, 9.17) is 39.7 Å². The van der Waals surface area contributed by atoms with Gasteiger partial charge in [-0.25, -0.2) is 9.59 Å². The lowest BCUT2D eigenvalue weighted by Crippen LogP contribution is -2.46. The molecule has 0 rings (SSSR count). The van der Waals surface area contributed by atoms with Gasteiger partial charge in [-0.05, 0) is 20.8 Å². The van der Waals surface area contributed by atoms with Crippen molar-refractivity contribution in [3.63, 3.8) is 0 Å². The number of carboxylic acids is 2. The van der Waals surface area contributed by atoms with E-state index in [9.17, 15) is 0 Å². The van der Waals surface area contributed by atoms with E-state index in [-0.39, 0.29) is 6.54 Å². The van der Waals surface area contributed by atoms with Crippen molar-refractivity contribution in [3.05, 3.63) is 0 Å². The van der Waals surface area contributed by atoms with Crippen molar-refractivity contribution in [2.24, 2.45) is 5.73 Å². The van der Waals surface area contributed by atoms with Crippen molar-refractivity contribution >= 4 is 11.9 Å². The maximum Gasteiger partial charge on any atom is 0.414 e. The van der Waals surface area contributed by atoms with E-state index in [1.54, 1.807) is 0 Å². The maximum absolute atomic E-state index is 9.10. The van der Waals surface area contributed by atoms with Gasteiger partial charge in [-0.15, -0.1) is 0 Å². The minimum atomic E-state index is -1.82. The van der Waals surface area contributed by atoms with Crippen molar-refractivity contribution in [1.29, 1.82) is 0 Å². The Morgan fingerprint density at radius 2 is 1.22 bits per heavy atom. The number of nitrogens with two attached hydrogens (primary N) is 1. The van der Waals surface area contributed by atoms with E-state index in [2.05, 4.69) is 0 Å². The molecule has 0 fully saturated rings. The minimum Gasteiger partial charge on any atom is -0.473 e. The van der Waals surface area contributed by atoms with E-state index < -0.39 is 17.9 Å². The molecular weight excluding hydrogens is 246 g/mol. The molecule has 0 bridgehead atoms. The Morgan fingerprint density at radius 3 is 1.33 bits per heavy atom. The van der Waals surface area contributed by atoms with E-state index in [0.717, 1.165) is 0 Å². The van der Waals surface area contributed by atoms with Crippen molar-refractivity contribution in [3.8, 4) is 0 Å². The Balaban J connectivity index is 0.